The molecule has 4 aromatic rings. The van der Waals surface area contributed by atoms with Gasteiger partial charge in [-0.15, -0.1) is 0 Å². The second-order valence-corrected chi connectivity index (χ2v) is 16.8. The highest BCUT2D eigenvalue weighted by Gasteiger charge is 2.49. The van der Waals surface area contributed by atoms with Gasteiger partial charge in [-0.3, -0.25) is 14.2 Å². The lowest BCUT2D eigenvalue weighted by Gasteiger charge is -2.41. The Hall–Kier alpha value is -4.33. The number of hydrogen-bond acceptors (Lipinski definition) is 4. The molecule has 232 valence electrons. The van der Waals surface area contributed by atoms with Gasteiger partial charge in [0.2, 0.25) is 0 Å². The standard InChI is InChI=1S/C38H42N2O4Si/c1-28(16-15-25-38(3,4)45(44,32-20-10-6-11-21-32)33-22-12-7-13-23-33)34-24-14-19-31(34)27-39-26-29(2)35(41)40(37(39)43)36(42)30-17-8-5-9-18-30/h5-14,17-24,26,28,31,44H,15-16,25,27H2,1-4H3/t28-,31+/m0/s1. The summed E-state index contributed by atoms with van der Waals surface area (Å²) in [6.45, 7) is 8.58. The minimum Gasteiger partial charge on any atom is -0.424 e. The normalized spacial score (nSPS) is 15.6. The molecule has 1 N–H and O–H groups in total. The number of aryl methyl sites for hydroxylation is 1. The molecular weight excluding hydrogens is 577 g/mol. The van der Waals surface area contributed by atoms with E-state index >= 15 is 0 Å². The van der Waals surface area contributed by atoms with Crippen LogP contribution in [0.2, 0.25) is 5.04 Å². The van der Waals surface area contributed by atoms with Crippen LogP contribution in [0.4, 0.5) is 0 Å². The summed E-state index contributed by atoms with van der Waals surface area (Å²) in [5.74, 6) is -0.397. The number of hydrogen-bond donors (Lipinski definition) is 1. The number of carbonyl (C=O) groups excluding carboxylic acids is 1. The summed E-state index contributed by atoms with van der Waals surface area (Å²) in [5.41, 5.74) is 0.646. The third-order valence-corrected chi connectivity index (χ3v) is 13.9. The molecule has 0 bridgehead atoms. The van der Waals surface area contributed by atoms with Gasteiger partial charge in [0.25, 0.3) is 19.8 Å². The summed E-state index contributed by atoms with van der Waals surface area (Å²) in [7, 11) is -3.07. The smallest absolute Gasteiger partial charge is 0.338 e. The second-order valence-electron chi connectivity index (χ2n) is 12.8. The van der Waals surface area contributed by atoms with Gasteiger partial charge in [-0.2, -0.15) is 4.57 Å². The maximum Gasteiger partial charge on any atom is 0.338 e. The lowest BCUT2D eigenvalue weighted by Crippen LogP contribution is -2.65. The molecule has 0 spiro atoms. The van der Waals surface area contributed by atoms with E-state index in [9.17, 15) is 19.2 Å². The molecular formula is C38H42N2O4Si. The topological polar surface area (TPSA) is 81.3 Å². The highest BCUT2D eigenvalue weighted by atomic mass is 28.4. The molecule has 0 unspecified atom stereocenters. The van der Waals surface area contributed by atoms with E-state index in [1.807, 2.05) is 42.5 Å². The Bertz CT molecular complexity index is 1780. The summed E-state index contributed by atoms with van der Waals surface area (Å²) in [6.07, 6.45) is 10.5. The zero-order chi connectivity index (χ0) is 32.2. The van der Waals surface area contributed by atoms with Crippen LogP contribution in [0, 0.1) is 18.8 Å². The fourth-order valence-electron chi connectivity index (χ4n) is 6.70. The molecule has 0 aliphatic heterocycles. The van der Waals surface area contributed by atoms with Crippen molar-refractivity contribution < 1.29 is 9.59 Å². The lowest BCUT2D eigenvalue weighted by molar-refractivity contribution is 0.0947. The van der Waals surface area contributed by atoms with Crippen molar-refractivity contribution in [2.75, 3.05) is 0 Å². The maximum absolute atomic E-state index is 13.5. The van der Waals surface area contributed by atoms with Crippen LogP contribution in [0.3, 0.4) is 0 Å². The van der Waals surface area contributed by atoms with Gasteiger partial charge in [-0.25, -0.2) is 4.79 Å². The summed E-state index contributed by atoms with van der Waals surface area (Å²) in [6, 6.07) is 28.6. The summed E-state index contributed by atoms with van der Waals surface area (Å²) >= 11 is 0. The van der Waals surface area contributed by atoms with Gasteiger partial charge >= 0.3 is 5.69 Å². The first-order chi connectivity index (χ1) is 21.5. The predicted octanol–water partition coefficient (Wildman–Crippen LogP) is 5.46. The predicted molar refractivity (Wildman–Crippen MR) is 184 cm³/mol. The number of aromatic nitrogens is 2. The van der Waals surface area contributed by atoms with Crippen LogP contribution >= 0.6 is 0 Å². The molecule has 6 nitrogen and oxygen atoms in total. The van der Waals surface area contributed by atoms with E-state index < -0.39 is 25.5 Å². The second kappa shape index (κ2) is 13.3. The van der Waals surface area contributed by atoms with E-state index in [0.717, 1.165) is 34.2 Å². The van der Waals surface area contributed by atoms with Crippen molar-refractivity contribution in [3.05, 3.63) is 153 Å². The largest absolute Gasteiger partial charge is 0.424 e. The fraction of sp³-hybridized carbons (Fsp3) is 0.289. The molecule has 5 rings (SSSR count). The summed E-state index contributed by atoms with van der Waals surface area (Å²) in [5, 5.41) is 1.72. The van der Waals surface area contributed by atoms with E-state index in [4.69, 9.17) is 0 Å². The van der Waals surface area contributed by atoms with Crippen molar-refractivity contribution in [1.29, 1.82) is 0 Å². The molecule has 3 aromatic carbocycles. The molecule has 0 radical (unpaired) electrons. The van der Waals surface area contributed by atoms with Gasteiger partial charge in [-0.05, 0) is 53.2 Å². The molecule has 0 fully saturated rings. The zero-order valence-corrected chi connectivity index (χ0v) is 27.5. The van der Waals surface area contributed by atoms with E-state index in [1.54, 1.807) is 43.5 Å². The lowest BCUT2D eigenvalue weighted by atomic mass is 9.87. The van der Waals surface area contributed by atoms with Crippen molar-refractivity contribution in [3.8, 4) is 0 Å². The summed E-state index contributed by atoms with van der Waals surface area (Å²) in [4.78, 5) is 52.0. The van der Waals surface area contributed by atoms with Gasteiger partial charge in [0, 0.05) is 29.8 Å². The van der Waals surface area contributed by atoms with Crippen LogP contribution in [0.15, 0.2) is 131 Å². The van der Waals surface area contributed by atoms with Crippen LogP contribution in [-0.2, 0) is 6.54 Å². The van der Waals surface area contributed by atoms with Crippen molar-refractivity contribution in [3.63, 3.8) is 0 Å². The number of carbonyl (C=O) groups is 1. The molecule has 0 amide bonds. The highest BCUT2D eigenvalue weighted by molar-refractivity contribution is 6.98. The van der Waals surface area contributed by atoms with Crippen LogP contribution in [-0.4, -0.2) is 28.2 Å². The van der Waals surface area contributed by atoms with Crippen molar-refractivity contribution >= 4 is 24.6 Å². The highest BCUT2D eigenvalue weighted by Crippen LogP contribution is 2.41. The van der Waals surface area contributed by atoms with Crippen molar-refractivity contribution in [2.24, 2.45) is 11.8 Å². The SMILES string of the molecule is Cc1cn(C[C@H]2C=CC=C2[C@@H](C)CCCC(C)(C)[Si](O)(c2ccccc2)c2ccccc2)c(=O)n(C(=O)c2ccccc2)c1=O. The molecule has 1 aromatic heterocycles. The van der Waals surface area contributed by atoms with Crippen LogP contribution < -0.4 is 21.6 Å². The Kier molecular flexibility index (Phi) is 9.51. The van der Waals surface area contributed by atoms with E-state index in [0.29, 0.717) is 17.7 Å². The minimum atomic E-state index is -3.07. The number of benzene rings is 3. The molecule has 0 saturated carbocycles. The first-order valence-electron chi connectivity index (χ1n) is 15.7. The Morgan fingerprint density at radius 2 is 1.47 bits per heavy atom. The Morgan fingerprint density at radius 3 is 2.04 bits per heavy atom. The van der Waals surface area contributed by atoms with E-state index in [-0.39, 0.29) is 16.9 Å². The molecule has 2 atom stereocenters. The van der Waals surface area contributed by atoms with Crippen molar-refractivity contribution in [2.45, 2.75) is 58.5 Å². The molecule has 0 saturated heterocycles. The molecule has 1 aliphatic carbocycles. The van der Waals surface area contributed by atoms with Crippen LogP contribution in [0.1, 0.15) is 56.0 Å². The Labute approximate surface area is 266 Å². The number of rotatable bonds is 11. The molecule has 7 heteroatoms. The van der Waals surface area contributed by atoms with Gasteiger partial charge in [-0.1, -0.05) is 130 Å². The van der Waals surface area contributed by atoms with E-state index in [2.05, 4.69) is 57.2 Å². The molecule has 1 heterocycles. The average Bonchev–Trinajstić information content (AvgIpc) is 3.52. The molecule has 45 heavy (non-hydrogen) atoms. The minimum absolute atomic E-state index is 0.0252. The fourth-order valence-corrected chi connectivity index (χ4v) is 10.5. The maximum atomic E-state index is 13.5. The number of nitrogens with zero attached hydrogens (tertiary/aromatic N) is 2. The third kappa shape index (κ3) is 6.41. The third-order valence-electron chi connectivity index (χ3n) is 9.37. The first kappa shape index (κ1) is 32.1. The van der Waals surface area contributed by atoms with Crippen molar-refractivity contribution in [1.82, 2.24) is 9.13 Å². The Balaban J connectivity index is 1.31. The first-order valence-corrected chi connectivity index (χ1v) is 17.6. The van der Waals surface area contributed by atoms with Crippen LogP contribution in [0.5, 0.6) is 0 Å². The van der Waals surface area contributed by atoms with Gasteiger partial charge in [0.05, 0.1) is 0 Å². The quantitative estimate of drug-likeness (QED) is 0.227. The van der Waals surface area contributed by atoms with E-state index in [1.165, 1.54) is 10.1 Å². The van der Waals surface area contributed by atoms with Gasteiger partial charge in [0.1, 0.15) is 0 Å². The Morgan fingerprint density at radius 1 is 0.911 bits per heavy atom. The van der Waals surface area contributed by atoms with Gasteiger partial charge < -0.3 is 4.80 Å². The average molecular weight is 619 g/mol. The monoisotopic (exact) mass is 618 g/mol. The molecule has 1 aliphatic rings. The zero-order valence-electron chi connectivity index (χ0n) is 26.5. The van der Waals surface area contributed by atoms with Gasteiger partial charge in [0.15, 0.2) is 0 Å². The number of allylic oxidation sites excluding steroid dienone is 4. The summed E-state index contributed by atoms with van der Waals surface area (Å²) < 4.78 is 2.25. The van der Waals surface area contributed by atoms with Crippen LogP contribution in [0.25, 0.3) is 0 Å².